The molecule has 1 N–H and O–H groups in total. The molecule has 1 atom stereocenters. The topological polar surface area (TPSA) is 99.4 Å². The van der Waals surface area contributed by atoms with Gasteiger partial charge in [-0.25, -0.2) is 9.79 Å². The van der Waals surface area contributed by atoms with Crippen LogP contribution >= 0.6 is 11.3 Å². The molecule has 2 heterocycles. The van der Waals surface area contributed by atoms with E-state index >= 15 is 0 Å². The Labute approximate surface area is 206 Å². The van der Waals surface area contributed by atoms with E-state index in [0.717, 1.165) is 5.56 Å². The number of hydrogen-bond donors (Lipinski definition) is 1. The molecule has 1 aromatic heterocycles. The molecule has 0 aliphatic carbocycles. The van der Waals surface area contributed by atoms with Crippen LogP contribution in [0.25, 0.3) is 6.08 Å². The number of phenolic OH excluding ortho intramolecular Hbond substituents is 1. The van der Waals surface area contributed by atoms with Crippen LogP contribution in [0.5, 0.6) is 17.2 Å². The number of hydrogen-bond acceptors (Lipinski definition) is 8. The van der Waals surface area contributed by atoms with Gasteiger partial charge in [0.2, 0.25) is 0 Å². The predicted molar refractivity (Wildman–Crippen MR) is 133 cm³/mol. The SMILES string of the molecule is COC(=O)C1=C(C)N=c2s/c(=C\c3ccc(O)cc3)c(=O)n2C1c1ccc(OC(C)C)c(OC)c1. The number of rotatable bonds is 6. The summed E-state index contributed by atoms with van der Waals surface area (Å²) in [5.41, 5.74) is 1.87. The lowest BCUT2D eigenvalue weighted by molar-refractivity contribution is -0.136. The Bertz CT molecular complexity index is 1480. The molecule has 0 radical (unpaired) electrons. The molecule has 2 aromatic carbocycles. The van der Waals surface area contributed by atoms with Crippen molar-refractivity contribution in [2.24, 2.45) is 4.99 Å². The monoisotopic (exact) mass is 494 g/mol. The van der Waals surface area contributed by atoms with Crippen molar-refractivity contribution in [3.8, 4) is 17.2 Å². The zero-order chi connectivity index (χ0) is 25.3. The minimum Gasteiger partial charge on any atom is -0.508 e. The highest BCUT2D eigenvalue weighted by atomic mass is 32.1. The van der Waals surface area contributed by atoms with Crippen molar-refractivity contribution in [3.05, 3.63) is 84.5 Å². The fourth-order valence-electron chi connectivity index (χ4n) is 3.94. The van der Waals surface area contributed by atoms with Gasteiger partial charge in [0.25, 0.3) is 5.56 Å². The Morgan fingerprint density at radius 3 is 2.49 bits per heavy atom. The summed E-state index contributed by atoms with van der Waals surface area (Å²) in [5, 5.41) is 9.55. The molecule has 0 amide bonds. The van der Waals surface area contributed by atoms with Crippen LogP contribution in [0.4, 0.5) is 0 Å². The average molecular weight is 495 g/mol. The molecule has 0 fully saturated rings. The number of fused-ring (bicyclic) bond motifs is 1. The summed E-state index contributed by atoms with van der Waals surface area (Å²) in [6.45, 7) is 5.56. The number of nitrogens with zero attached hydrogens (tertiary/aromatic N) is 2. The normalized spacial score (nSPS) is 15.6. The van der Waals surface area contributed by atoms with E-state index in [1.807, 2.05) is 19.9 Å². The number of phenols is 1. The lowest BCUT2D eigenvalue weighted by Crippen LogP contribution is -2.39. The molecular weight excluding hydrogens is 468 g/mol. The van der Waals surface area contributed by atoms with Crippen LogP contribution < -0.4 is 24.4 Å². The van der Waals surface area contributed by atoms with Crippen LogP contribution in [0.15, 0.2) is 63.5 Å². The molecular formula is C26H26N2O6S. The number of carbonyl (C=O) groups excluding carboxylic acids is 1. The third kappa shape index (κ3) is 4.72. The van der Waals surface area contributed by atoms with Crippen LogP contribution in [0, 0.1) is 0 Å². The Hall–Kier alpha value is -3.85. The molecule has 1 unspecified atom stereocenters. The zero-order valence-electron chi connectivity index (χ0n) is 20.1. The van der Waals surface area contributed by atoms with Crippen LogP contribution in [0.1, 0.15) is 37.9 Å². The van der Waals surface area contributed by atoms with Crippen LogP contribution in [0.3, 0.4) is 0 Å². The Balaban J connectivity index is 1.94. The molecule has 0 saturated heterocycles. The average Bonchev–Trinajstić information content (AvgIpc) is 3.13. The molecule has 0 saturated carbocycles. The summed E-state index contributed by atoms with van der Waals surface area (Å²) in [7, 11) is 2.84. The maximum atomic E-state index is 13.6. The minimum absolute atomic E-state index is 0.0555. The summed E-state index contributed by atoms with van der Waals surface area (Å²) < 4.78 is 18.4. The van der Waals surface area contributed by atoms with Crippen LogP contribution in [-0.2, 0) is 9.53 Å². The second kappa shape index (κ2) is 9.79. The summed E-state index contributed by atoms with van der Waals surface area (Å²) in [6, 6.07) is 11.1. The van der Waals surface area contributed by atoms with Gasteiger partial charge in [-0.05, 0) is 62.2 Å². The molecule has 1 aliphatic rings. The van der Waals surface area contributed by atoms with Gasteiger partial charge in [0, 0.05) is 0 Å². The number of thiazole rings is 1. The van der Waals surface area contributed by atoms with Crippen LogP contribution in [-0.4, -0.2) is 36.0 Å². The van der Waals surface area contributed by atoms with Crippen molar-refractivity contribution >= 4 is 23.4 Å². The van der Waals surface area contributed by atoms with E-state index in [4.69, 9.17) is 14.2 Å². The second-order valence-electron chi connectivity index (χ2n) is 8.24. The number of esters is 1. The van der Waals surface area contributed by atoms with Gasteiger partial charge in [-0.3, -0.25) is 9.36 Å². The maximum Gasteiger partial charge on any atom is 0.338 e. The fraction of sp³-hybridized carbons (Fsp3) is 0.269. The van der Waals surface area contributed by atoms with Crippen molar-refractivity contribution in [3.63, 3.8) is 0 Å². The Morgan fingerprint density at radius 1 is 1.14 bits per heavy atom. The van der Waals surface area contributed by atoms with Gasteiger partial charge in [0.1, 0.15) is 5.75 Å². The van der Waals surface area contributed by atoms with Gasteiger partial charge in [0.15, 0.2) is 16.3 Å². The maximum absolute atomic E-state index is 13.6. The third-order valence-corrected chi connectivity index (χ3v) is 6.47. The lowest BCUT2D eigenvalue weighted by atomic mass is 9.95. The van der Waals surface area contributed by atoms with Gasteiger partial charge in [-0.15, -0.1) is 0 Å². The number of benzene rings is 2. The van der Waals surface area contributed by atoms with E-state index in [9.17, 15) is 14.7 Å². The minimum atomic E-state index is -0.761. The molecule has 3 aromatic rings. The van der Waals surface area contributed by atoms with Gasteiger partial charge in [-0.2, -0.15) is 0 Å². The molecule has 4 rings (SSSR count). The molecule has 8 nitrogen and oxygen atoms in total. The number of carbonyl (C=O) groups is 1. The summed E-state index contributed by atoms with van der Waals surface area (Å²) >= 11 is 1.23. The van der Waals surface area contributed by atoms with E-state index in [-0.39, 0.29) is 23.0 Å². The first-order valence-corrected chi connectivity index (χ1v) is 11.8. The quantitative estimate of drug-likeness (QED) is 0.529. The number of aromatic hydroxyl groups is 1. The van der Waals surface area contributed by atoms with Gasteiger partial charge < -0.3 is 19.3 Å². The number of methoxy groups -OCH3 is 2. The van der Waals surface area contributed by atoms with Gasteiger partial charge >= 0.3 is 5.97 Å². The number of ether oxygens (including phenoxy) is 3. The highest BCUT2D eigenvalue weighted by molar-refractivity contribution is 7.07. The van der Waals surface area contributed by atoms with Crippen molar-refractivity contribution < 1.29 is 24.1 Å². The number of allylic oxidation sites excluding steroid dienone is 1. The summed E-state index contributed by atoms with van der Waals surface area (Å²) in [4.78, 5) is 31.5. The first-order valence-electron chi connectivity index (χ1n) is 11.0. The smallest absolute Gasteiger partial charge is 0.338 e. The summed E-state index contributed by atoms with van der Waals surface area (Å²) in [6.07, 6.45) is 1.68. The highest BCUT2D eigenvalue weighted by Crippen LogP contribution is 2.36. The second-order valence-corrected chi connectivity index (χ2v) is 9.25. The first kappa shape index (κ1) is 24.3. The molecule has 9 heteroatoms. The number of aromatic nitrogens is 1. The van der Waals surface area contributed by atoms with Crippen LogP contribution in [0.2, 0.25) is 0 Å². The third-order valence-electron chi connectivity index (χ3n) is 5.48. The molecule has 182 valence electrons. The van der Waals surface area contributed by atoms with E-state index in [1.54, 1.807) is 49.4 Å². The molecule has 1 aliphatic heterocycles. The Morgan fingerprint density at radius 2 is 1.86 bits per heavy atom. The Kier molecular flexibility index (Phi) is 6.79. The van der Waals surface area contributed by atoms with Crippen molar-refractivity contribution in [1.82, 2.24) is 4.57 Å². The predicted octanol–water partition coefficient (Wildman–Crippen LogP) is 2.91. The van der Waals surface area contributed by atoms with E-state index in [1.165, 1.54) is 30.1 Å². The van der Waals surface area contributed by atoms with Crippen molar-refractivity contribution in [2.75, 3.05) is 14.2 Å². The van der Waals surface area contributed by atoms with Gasteiger partial charge in [-0.1, -0.05) is 29.5 Å². The fourth-order valence-corrected chi connectivity index (χ4v) is 4.98. The largest absolute Gasteiger partial charge is 0.508 e. The molecule has 0 bridgehead atoms. The van der Waals surface area contributed by atoms with Crippen molar-refractivity contribution in [2.45, 2.75) is 32.9 Å². The highest BCUT2D eigenvalue weighted by Gasteiger charge is 2.33. The van der Waals surface area contributed by atoms with E-state index in [0.29, 0.717) is 32.1 Å². The zero-order valence-corrected chi connectivity index (χ0v) is 20.9. The summed E-state index contributed by atoms with van der Waals surface area (Å²) in [5.74, 6) is 0.624. The van der Waals surface area contributed by atoms with Gasteiger partial charge in [0.05, 0.1) is 42.2 Å². The van der Waals surface area contributed by atoms with E-state index in [2.05, 4.69) is 4.99 Å². The lowest BCUT2D eigenvalue weighted by Gasteiger charge is -2.25. The molecule has 0 spiro atoms. The first-order chi connectivity index (χ1) is 16.7. The molecule has 35 heavy (non-hydrogen) atoms. The van der Waals surface area contributed by atoms with Crippen molar-refractivity contribution in [1.29, 1.82) is 0 Å². The van der Waals surface area contributed by atoms with E-state index < -0.39 is 12.0 Å². The standard InChI is InChI=1S/C26H26N2O6S/c1-14(2)34-19-11-8-17(13-20(19)32-4)23-22(25(31)33-5)15(3)27-26-28(23)24(30)21(35-26)12-16-6-9-18(29)10-7-16/h6-14,23,29H,1-5H3/b21-12-.